The molecule has 8 heteroatoms. The lowest BCUT2D eigenvalue weighted by atomic mass is 10.2. The van der Waals surface area contributed by atoms with E-state index in [0.717, 1.165) is 11.3 Å². The summed E-state index contributed by atoms with van der Waals surface area (Å²) < 4.78 is 1.63. The fourth-order valence-corrected chi connectivity index (χ4v) is 3.13. The topological polar surface area (TPSA) is 96.5 Å². The highest BCUT2D eigenvalue weighted by Crippen LogP contribution is 2.25. The molecule has 0 saturated heterocycles. The fraction of sp³-hybridized carbons (Fsp3) is 0.167. The zero-order valence-corrected chi connectivity index (χ0v) is 15.1. The van der Waals surface area contributed by atoms with Crippen molar-refractivity contribution in [3.8, 4) is 11.8 Å². The maximum Gasteiger partial charge on any atom is 0.237 e. The first-order chi connectivity index (χ1) is 12.6. The first-order valence-corrected chi connectivity index (χ1v) is 8.78. The Balaban J connectivity index is 1.73. The highest BCUT2D eigenvalue weighted by molar-refractivity contribution is 8.00. The van der Waals surface area contributed by atoms with Crippen LogP contribution < -0.4 is 5.32 Å². The van der Waals surface area contributed by atoms with Gasteiger partial charge in [0.25, 0.3) is 0 Å². The zero-order valence-electron chi connectivity index (χ0n) is 14.2. The van der Waals surface area contributed by atoms with Crippen molar-refractivity contribution < 1.29 is 4.79 Å². The molecule has 0 aliphatic heterocycles. The van der Waals surface area contributed by atoms with Crippen LogP contribution in [-0.4, -0.2) is 31.4 Å². The van der Waals surface area contributed by atoms with Crippen LogP contribution in [0, 0.1) is 18.3 Å². The molecule has 7 nitrogen and oxygen atoms in total. The third kappa shape index (κ3) is 3.90. The van der Waals surface area contributed by atoms with Crippen LogP contribution in [0.2, 0.25) is 0 Å². The number of tetrazole rings is 1. The van der Waals surface area contributed by atoms with Crippen LogP contribution in [0.5, 0.6) is 0 Å². The fourth-order valence-electron chi connectivity index (χ4n) is 2.33. The van der Waals surface area contributed by atoms with Gasteiger partial charge in [-0.1, -0.05) is 36.0 Å². The highest BCUT2D eigenvalue weighted by atomic mass is 32.2. The quantitative estimate of drug-likeness (QED) is 0.699. The van der Waals surface area contributed by atoms with E-state index in [9.17, 15) is 4.79 Å². The summed E-state index contributed by atoms with van der Waals surface area (Å²) in [6.07, 6.45) is 0. The number of anilines is 1. The number of rotatable bonds is 5. The van der Waals surface area contributed by atoms with Crippen molar-refractivity contribution in [3.63, 3.8) is 0 Å². The van der Waals surface area contributed by atoms with Crippen LogP contribution in [0.25, 0.3) is 5.69 Å². The average molecular weight is 364 g/mol. The molecule has 0 spiro atoms. The van der Waals surface area contributed by atoms with Crippen molar-refractivity contribution in [2.45, 2.75) is 24.3 Å². The first kappa shape index (κ1) is 17.6. The molecule has 1 amide bonds. The zero-order chi connectivity index (χ0) is 18.5. The van der Waals surface area contributed by atoms with Gasteiger partial charge in [-0.25, -0.2) is 0 Å². The number of aryl methyl sites for hydroxylation is 1. The van der Waals surface area contributed by atoms with E-state index in [0.29, 0.717) is 16.4 Å². The summed E-state index contributed by atoms with van der Waals surface area (Å²) in [6.45, 7) is 3.76. The van der Waals surface area contributed by atoms with Crippen molar-refractivity contribution in [3.05, 3.63) is 59.7 Å². The molecule has 0 bridgehead atoms. The summed E-state index contributed by atoms with van der Waals surface area (Å²) >= 11 is 1.27. The van der Waals surface area contributed by atoms with Crippen molar-refractivity contribution in [1.82, 2.24) is 20.2 Å². The molecule has 2 aromatic carbocycles. The van der Waals surface area contributed by atoms with Gasteiger partial charge in [-0.2, -0.15) is 9.94 Å². The minimum atomic E-state index is -0.422. The Hall–Kier alpha value is -3.18. The molecule has 0 aliphatic carbocycles. The SMILES string of the molecule is Cc1ccccc1-n1nnnc1S[C@H](C)C(=O)Nc1cccc(C#N)c1. The molecule has 3 aromatic rings. The van der Waals surface area contributed by atoms with Crippen LogP contribution >= 0.6 is 11.8 Å². The van der Waals surface area contributed by atoms with E-state index in [4.69, 9.17) is 5.26 Å². The Kier molecular flexibility index (Phi) is 5.29. The number of benzene rings is 2. The average Bonchev–Trinajstić information content (AvgIpc) is 3.10. The van der Waals surface area contributed by atoms with Gasteiger partial charge in [0.2, 0.25) is 11.1 Å². The number of hydrogen-bond acceptors (Lipinski definition) is 6. The molecule has 1 N–H and O–H groups in total. The van der Waals surface area contributed by atoms with Crippen molar-refractivity contribution in [2.75, 3.05) is 5.32 Å². The summed E-state index contributed by atoms with van der Waals surface area (Å²) in [7, 11) is 0. The lowest BCUT2D eigenvalue weighted by molar-refractivity contribution is -0.115. The van der Waals surface area contributed by atoms with Crippen LogP contribution in [-0.2, 0) is 4.79 Å². The highest BCUT2D eigenvalue weighted by Gasteiger charge is 2.20. The van der Waals surface area contributed by atoms with Gasteiger partial charge in [-0.15, -0.1) is 5.10 Å². The molecule has 0 saturated carbocycles. The van der Waals surface area contributed by atoms with Gasteiger partial charge >= 0.3 is 0 Å². The molecule has 26 heavy (non-hydrogen) atoms. The van der Waals surface area contributed by atoms with Gasteiger partial charge in [0, 0.05) is 5.69 Å². The molecule has 1 heterocycles. The lowest BCUT2D eigenvalue weighted by Gasteiger charge is -2.12. The van der Waals surface area contributed by atoms with Gasteiger partial charge in [-0.3, -0.25) is 4.79 Å². The van der Waals surface area contributed by atoms with Gasteiger partial charge in [0.1, 0.15) is 0 Å². The Morgan fingerprint density at radius 3 is 2.85 bits per heavy atom. The van der Waals surface area contributed by atoms with Gasteiger partial charge < -0.3 is 5.32 Å². The van der Waals surface area contributed by atoms with Crippen LogP contribution in [0.4, 0.5) is 5.69 Å². The largest absolute Gasteiger partial charge is 0.325 e. The van der Waals surface area contributed by atoms with E-state index in [1.807, 2.05) is 31.2 Å². The summed E-state index contributed by atoms with van der Waals surface area (Å²) in [5.74, 6) is -0.190. The standard InChI is InChI=1S/C18H16N6OS/c1-12-6-3-4-9-16(12)24-18(21-22-23-24)26-13(2)17(25)20-15-8-5-7-14(10-15)11-19/h3-10,13H,1-2H3,(H,20,25)/t13-/m1/s1. The Morgan fingerprint density at radius 1 is 1.27 bits per heavy atom. The summed E-state index contributed by atoms with van der Waals surface area (Å²) in [5, 5.41) is 23.7. The van der Waals surface area contributed by atoms with E-state index in [1.165, 1.54) is 11.8 Å². The monoisotopic (exact) mass is 364 g/mol. The number of amides is 1. The van der Waals surface area contributed by atoms with Gasteiger partial charge in [0.05, 0.1) is 22.6 Å². The Labute approximate surface area is 155 Å². The summed E-state index contributed by atoms with van der Waals surface area (Å²) in [5.41, 5.74) is 2.98. The number of nitrogens with zero attached hydrogens (tertiary/aromatic N) is 5. The molecule has 3 rings (SSSR count). The number of thioether (sulfide) groups is 1. The van der Waals surface area contributed by atoms with Crippen molar-refractivity contribution in [2.24, 2.45) is 0 Å². The molecule has 1 atom stereocenters. The predicted molar refractivity (Wildman–Crippen MR) is 99.0 cm³/mol. The lowest BCUT2D eigenvalue weighted by Crippen LogP contribution is -2.23. The molecular formula is C18H16N6OS. The second-order valence-electron chi connectivity index (χ2n) is 5.60. The molecular weight excluding hydrogens is 348 g/mol. The van der Waals surface area contributed by atoms with Crippen LogP contribution in [0.3, 0.4) is 0 Å². The van der Waals surface area contributed by atoms with Gasteiger partial charge in [0.15, 0.2) is 0 Å². The summed E-state index contributed by atoms with van der Waals surface area (Å²) in [4.78, 5) is 12.5. The van der Waals surface area contributed by atoms with E-state index in [-0.39, 0.29) is 5.91 Å². The Morgan fingerprint density at radius 2 is 2.08 bits per heavy atom. The maximum absolute atomic E-state index is 12.5. The second kappa shape index (κ2) is 7.80. The first-order valence-electron chi connectivity index (χ1n) is 7.90. The molecule has 0 aliphatic rings. The number of nitrogens with one attached hydrogen (secondary N) is 1. The third-order valence-corrected chi connectivity index (χ3v) is 4.73. The number of carbonyl (C=O) groups excluding carboxylic acids is 1. The van der Waals surface area contributed by atoms with E-state index < -0.39 is 5.25 Å². The number of carbonyl (C=O) groups is 1. The van der Waals surface area contributed by atoms with Crippen molar-refractivity contribution in [1.29, 1.82) is 5.26 Å². The number of aromatic nitrogens is 4. The smallest absolute Gasteiger partial charge is 0.237 e. The number of hydrogen-bond donors (Lipinski definition) is 1. The van der Waals surface area contributed by atoms with Crippen molar-refractivity contribution >= 4 is 23.4 Å². The normalized spacial score (nSPS) is 11.6. The molecule has 130 valence electrons. The third-order valence-electron chi connectivity index (χ3n) is 3.70. The second-order valence-corrected chi connectivity index (χ2v) is 6.91. The predicted octanol–water partition coefficient (Wildman–Crippen LogP) is 2.96. The van der Waals surface area contributed by atoms with E-state index in [1.54, 1.807) is 35.9 Å². The van der Waals surface area contributed by atoms with E-state index in [2.05, 4.69) is 26.9 Å². The molecule has 0 unspecified atom stereocenters. The van der Waals surface area contributed by atoms with Crippen LogP contribution in [0.1, 0.15) is 18.1 Å². The minimum Gasteiger partial charge on any atom is -0.325 e. The maximum atomic E-state index is 12.5. The van der Waals surface area contributed by atoms with Gasteiger partial charge in [-0.05, 0) is 54.1 Å². The molecule has 0 fully saturated rings. The minimum absolute atomic E-state index is 0.190. The molecule has 1 aromatic heterocycles. The Bertz CT molecular complexity index is 978. The van der Waals surface area contributed by atoms with Crippen LogP contribution in [0.15, 0.2) is 53.7 Å². The number of nitriles is 1. The van der Waals surface area contributed by atoms with E-state index >= 15 is 0 Å². The summed E-state index contributed by atoms with van der Waals surface area (Å²) in [6, 6.07) is 16.6. The number of para-hydroxylation sites is 1. The molecule has 0 radical (unpaired) electrons.